The molecule has 3 aromatic rings. The standard InChI is InChI=1S/C19H21N5OS/c1-23(14-6-4-13(11-20)5-7-14)19(25)16-3-2-9-24(16)17-15-8-10-26-18(15)22-12-21-17/h4-8,10,12,16H,2-3,9,11,20H2,1H3. The number of thiophene rings is 1. The maximum absolute atomic E-state index is 13.2. The van der Waals surface area contributed by atoms with Crippen LogP contribution in [0.25, 0.3) is 10.2 Å². The highest BCUT2D eigenvalue weighted by Crippen LogP contribution is 2.32. The molecule has 1 aromatic carbocycles. The average Bonchev–Trinajstić information content (AvgIpc) is 3.36. The SMILES string of the molecule is CN(C(=O)C1CCCN1c1ncnc2sccc12)c1ccc(CN)cc1. The molecule has 1 aliphatic heterocycles. The van der Waals surface area contributed by atoms with E-state index in [0.29, 0.717) is 6.54 Å². The first-order valence-electron chi connectivity index (χ1n) is 8.70. The van der Waals surface area contributed by atoms with Crippen LogP contribution in [0.4, 0.5) is 11.5 Å². The Labute approximate surface area is 156 Å². The normalized spacial score (nSPS) is 17.0. The molecule has 1 aliphatic rings. The Morgan fingerprint density at radius 3 is 2.88 bits per heavy atom. The summed E-state index contributed by atoms with van der Waals surface area (Å²) in [6.45, 7) is 1.33. The number of anilines is 2. The molecule has 134 valence electrons. The minimum absolute atomic E-state index is 0.0880. The molecule has 0 bridgehead atoms. The number of hydrogen-bond acceptors (Lipinski definition) is 6. The third kappa shape index (κ3) is 2.93. The number of benzene rings is 1. The average molecular weight is 367 g/mol. The zero-order chi connectivity index (χ0) is 18.1. The lowest BCUT2D eigenvalue weighted by atomic mass is 10.1. The van der Waals surface area contributed by atoms with E-state index in [1.54, 1.807) is 22.6 Å². The van der Waals surface area contributed by atoms with Gasteiger partial charge in [-0.25, -0.2) is 9.97 Å². The lowest BCUT2D eigenvalue weighted by Crippen LogP contribution is -2.44. The van der Waals surface area contributed by atoms with E-state index in [4.69, 9.17) is 5.73 Å². The van der Waals surface area contributed by atoms with Crippen molar-refractivity contribution >= 4 is 39.0 Å². The van der Waals surface area contributed by atoms with Gasteiger partial charge in [0.15, 0.2) is 0 Å². The van der Waals surface area contributed by atoms with E-state index in [1.165, 1.54) is 0 Å². The molecule has 1 atom stereocenters. The van der Waals surface area contributed by atoms with E-state index < -0.39 is 0 Å². The summed E-state index contributed by atoms with van der Waals surface area (Å²) in [5, 5.41) is 3.04. The molecule has 1 fully saturated rings. The highest BCUT2D eigenvalue weighted by molar-refractivity contribution is 7.16. The van der Waals surface area contributed by atoms with Crippen LogP contribution in [0.3, 0.4) is 0 Å². The molecular formula is C19H21N5OS. The van der Waals surface area contributed by atoms with E-state index in [-0.39, 0.29) is 11.9 Å². The molecule has 2 aromatic heterocycles. The van der Waals surface area contributed by atoms with Crippen LogP contribution < -0.4 is 15.5 Å². The second-order valence-corrected chi connectivity index (χ2v) is 7.35. The summed E-state index contributed by atoms with van der Waals surface area (Å²) in [5.74, 6) is 0.948. The Balaban J connectivity index is 1.61. The number of fused-ring (bicyclic) bond motifs is 1. The van der Waals surface area contributed by atoms with E-state index in [0.717, 1.165) is 46.7 Å². The third-order valence-corrected chi connectivity index (χ3v) is 5.76. The predicted molar refractivity (Wildman–Crippen MR) is 106 cm³/mol. The van der Waals surface area contributed by atoms with Crippen LogP contribution in [0.15, 0.2) is 42.0 Å². The minimum Gasteiger partial charge on any atom is -0.344 e. The summed E-state index contributed by atoms with van der Waals surface area (Å²) in [5.41, 5.74) is 7.59. The van der Waals surface area contributed by atoms with Crippen molar-refractivity contribution in [3.63, 3.8) is 0 Å². The van der Waals surface area contributed by atoms with Crippen molar-refractivity contribution in [2.75, 3.05) is 23.4 Å². The van der Waals surface area contributed by atoms with Gasteiger partial charge in [-0.2, -0.15) is 0 Å². The zero-order valence-electron chi connectivity index (χ0n) is 14.6. The van der Waals surface area contributed by atoms with Gasteiger partial charge in [0.25, 0.3) is 0 Å². The molecule has 2 N–H and O–H groups in total. The molecular weight excluding hydrogens is 346 g/mol. The maximum atomic E-state index is 13.2. The van der Waals surface area contributed by atoms with Crippen molar-refractivity contribution in [1.82, 2.24) is 9.97 Å². The highest BCUT2D eigenvalue weighted by Gasteiger charge is 2.34. The summed E-state index contributed by atoms with van der Waals surface area (Å²) >= 11 is 1.59. The van der Waals surface area contributed by atoms with Crippen LogP contribution in [0.2, 0.25) is 0 Å². The highest BCUT2D eigenvalue weighted by atomic mass is 32.1. The number of nitrogens with zero attached hydrogens (tertiary/aromatic N) is 4. The number of amides is 1. The molecule has 0 radical (unpaired) electrons. The number of carbonyl (C=O) groups is 1. The summed E-state index contributed by atoms with van der Waals surface area (Å²) in [6, 6.07) is 9.65. The molecule has 26 heavy (non-hydrogen) atoms. The lowest BCUT2D eigenvalue weighted by Gasteiger charge is -2.29. The molecule has 0 saturated carbocycles. The number of hydrogen-bond donors (Lipinski definition) is 1. The van der Waals surface area contributed by atoms with Crippen molar-refractivity contribution in [3.05, 3.63) is 47.6 Å². The first-order chi connectivity index (χ1) is 12.7. The van der Waals surface area contributed by atoms with Gasteiger partial charge >= 0.3 is 0 Å². The first kappa shape index (κ1) is 16.9. The van der Waals surface area contributed by atoms with E-state index in [1.807, 2.05) is 42.8 Å². The molecule has 1 saturated heterocycles. The van der Waals surface area contributed by atoms with Crippen molar-refractivity contribution in [3.8, 4) is 0 Å². The Bertz CT molecular complexity index is 923. The number of rotatable bonds is 4. The third-order valence-electron chi connectivity index (χ3n) is 4.94. The van der Waals surface area contributed by atoms with Gasteiger partial charge in [0.2, 0.25) is 5.91 Å². The van der Waals surface area contributed by atoms with Gasteiger partial charge < -0.3 is 15.5 Å². The molecule has 1 unspecified atom stereocenters. The van der Waals surface area contributed by atoms with Crippen molar-refractivity contribution in [1.29, 1.82) is 0 Å². The molecule has 7 heteroatoms. The summed E-state index contributed by atoms with van der Waals surface area (Å²) < 4.78 is 0. The van der Waals surface area contributed by atoms with Gasteiger partial charge in [0.05, 0.1) is 5.39 Å². The Hall–Kier alpha value is -2.51. The number of aromatic nitrogens is 2. The fourth-order valence-corrected chi connectivity index (χ4v) is 4.22. The van der Waals surface area contributed by atoms with Crippen molar-refractivity contribution in [2.24, 2.45) is 5.73 Å². The second kappa shape index (κ2) is 7.01. The van der Waals surface area contributed by atoms with Crippen LogP contribution in [0.5, 0.6) is 0 Å². The van der Waals surface area contributed by atoms with E-state index >= 15 is 0 Å². The lowest BCUT2D eigenvalue weighted by molar-refractivity contribution is -0.119. The quantitative estimate of drug-likeness (QED) is 0.767. The molecule has 4 rings (SSSR count). The Kier molecular flexibility index (Phi) is 4.57. The fourth-order valence-electron chi connectivity index (χ4n) is 3.49. The van der Waals surface area contributed by atoms with Gasteiger partial charge in [-0.15, -0.1) is 11.3 Å². The number of carbonyl (C=O) groups excluding carboxylic acids is 1. The molecule has 0 aliphatic carbocycles. The maximum Gasteiger partial charge on any atom is 0.249 e. The predicted octanol–water partition coefficient (Wildman–Crippen LogP) is 2.78. The van der Waals surface area contributed by atoms with Crippen LogP contribution in [-0.4, -0.2) is 35.5 Å². The molecule has 6 nitrogen and oxygen atoms in total. The summed E-state index contributed by atoms with van der Waals surface area (Å²) in [4.78, 5) is 26.8. The molecule has 0 spiro atoms. The summed E-state index contributed by atoms with van der Waals surface area (Å²) in [7, 11) is 1.83. The molecule has 1 amide bonds. The van der Waals surface area contributed by atoms with E-state index in [9.17, 15) is 4.79 Å². The first-order valence-corrected chi connectivity index (χ1v) is 9.58. The topological polar surface area (TPSA) is 75.4 Å². The Morgan fingerprint density at radius 2 is 2.12 bits per heavy atom. The second-order valence-electron chi connectivity index (χ2n) is 6.46. The van der Waals surface area contributed by atoms with Crippen LogP contribution in [0, 0.1) is 0 Å². The Morgan fingerprint density at radius 1 is 1.31 bits per heavy atom. The fraction of sp³-hybridized carbons (Fsp3) is 0.316. The van der Waals surface area contributed by atoms with Gasteiger partial charge in [-0.05, 0) is 42.0 Å². The van der Waals surface area contributed by atoms with Crippen LogP contribution in [-0.2, 0) is 11.3 Å². The van der Waals surface area contributed by atoms with Gasteiger partial charge in [-0.3, -0.25) is 4.79 Å². The summed E-state index contributed by atoms with van der Waals surface area (Å²) in [6.07, 6.45) is 3.40. The van der Waals surface area contributed by atoms with Gasteiger partial charge in [-0.1, -0.05) is 12.1 Å². The van der Waals surface area contributed by atoms with Crippen molar-refractivity contribution in [2.45, 2.75) is 25.4 Å². The smallest absolute Gasteiger partial charge is 0.249 e. The van der Waals surface area contributed by atoms with Gasteiger partial charge in [0.1, 0.15) is 23.0 Å². The van der Waals surface area contributed by atoms with Crippen LogP contribution >= 0.6 is 11.3 Å². The van der Waals surface area contributed by atoms with Crippen LogP contribution in [0.1, 0.15) is 18.4 Å². The van der Waals surface area contributed by atoms with Gasteiger partial charge in [0, 0.05) is 25.8 Å². The number of nitrogens with two attached hydrogens (primary N) is 1. The zero-order valence-corrected chi connectivity index (χ0v) is 15.4. The monoisotopic (exact) mass is 367 g/mol. The molecule has 3 heterocycles. The largest absolute Gasteiger partial charge is 0.344 e. The minimum atomic E-state index is -0.202. The number of likely N-dealkylation sites (N-methyl/N-ethyl adjacent to an activating group) is 1. The van der Waals surface area contributed by atoms with E-state index in [2.05, 4.69) is 14.9 Å². The van der Waals surface area contributed by atoms with Crippen molar-refractivity contribution < 1.29 is 4.79 Å².